The van der Waals surface area contributed by atoms with Crippen LogP contribution in [0.3, 0.4) is 0 Å². The minimum absolute atomic E-state index is 0.0417. The summed E-state index contributed by atoms with van der Waals surface area (Å²) in [5.74, 6) is -1.41. The first-order valence-electron chi connectivity index (χ1n) is 5.07. The summed E-state index contributed by atoms with van der Waals surface area (Å²) in [6.45, 7) is 2.27. The highest BCUT2D eigenvalue weighted by molar-refractivity contribution is 9.10. The van der Waals surface area contributed by atoms with Crippen LogP contribution in [0.4, 0.5) is 4.39 Å². The molecule has 0 fully saturated rings. The molecule has 0 spiro atoms. The molecule has 0 radical (unpaired) electrons. The first-order chi connectivity index (χ1) is 8.27. The van der Waals surface area contributed by atoms with Crippen molar-refractivity contribution in [2.45, 2.75) is 18.2 Å². The second kappa shape index (κ2) is 5.77. The highest BCUT2D eigenvalue weighted by atomic mass is 79.9. The molecule has 1 amide bonds. The number of hydrogen-bond acceptors (Lipinski definition) is 3. The topological polar surface area (TPSA) is 89.3 Å². The van der Waals surface area contributed by atoms with Crippen LogP contribution < -0.4 is 10.5 Å². The summed E-state index contributed by atoms with van der Waals surface area (Å²) in [5, 5.41) is 7.46. The fraction of sp³-hybridized carbons (Fsp3) is 0.300. The van der Waals surface area contributed by atoms with Gasteiger partial charge < -0.3 is 5.32 Å². The van der Waals surface area contributed by atoms with Crippen LogP contribution >= 0.6 is 15.9 Å². The van der Waals surface area contributed by atoms with E-state index in [2.05, 4.69) is 21.2 Å². The van der Waals surface area contributed by atoms with Crippen molar-refractivity contribution >= 4 is 31.9 Å². The minimum atomic E-state index is -4.10. The summed E-state index contributed by atoms with van der Waals surface area (Å²) >= 11 is 2.96. The van der Waals surface area contributed by atoms with Crippen molar-refractivity contribution in [2.24, 2.45) is 5.14 Å². The third-order valence-electron chi connectivity index (χ3n) is 2.09. The molecule has 0 aliphatic heterocycles. The molecule has 100 valence electrons. The molecule has 1 rings (SSSR count). The number of primary sulfonamides is 1. The number of carbonyl (C=O) groups is 1. The predicted octanol–water partition coefficient (Wildman–Crippen LogP) is 1.38. The van der Waals surface area contributed by atoms with Gasteiger partial charge in [0.05, 0.1) is 14.9 Å². The normalized spacial score (nSPS) is 11.3. The van der Waals surface area contributed by atoms with Gasteiger partial charge in [-0.05, 0) is 34.5 Å². The summed E-state index contributed by atoms with van der Waals surface area (Å²) in [4.78, 5) is 11.3. The summed E-state index contributed by atoms with van der Waals surface area (Å²) < 4.78 is 35.7. The first-order valence-corrected chi connectivity index (χ1v) is 7.41. The molecule has 0 aliphatic carbocycles. The van der Waals surface area contributed by atoms with E-state index in [0.717, 1.165) is 12.1 Å². The monoisotopic (exact) mass is 338 g/mol. The Morgan fingerprint density at radius 3 is 2.61 bits per heavy atom. The fourth-order valence-electron chi connectivity index (χ4n) is 1.27. The van der Waals surface area contributed by atoms with Gasteiger partial charge >= 0.3 is 0 Å². The second-order valence-corrected chi connectivity index (χ2v) is 5.89. The molecule has 0 aromatic heterocycles. The highest BCUT2D eigenvalue weighted by Gasteiger charge is 2.21. The Hall–Kier alpha value is -0.990. The smallest absolute Gasteiger partial charge is 0.252 e. The largest absolute Gasteiger partial charge is 0.352 e. The second-order valence-electron chi connectivity index (χ2n) is 3.57. The molecule has 3 N–H and O–H groups in total. The Morgan fingerprint density at radius 2 is 2.11 bits per heavy atom. The van der Waals surface area contributed by atoms with E-state index in [0.29, 0.717) is 13.0 Å². The molecule has 0 unspecified atom stereocenters. The molecule has 1 aromatic carbocycles. The van der Waals surface area contributed by atoms with Gasteiger partial charge in [-0.2, -0.15) is 0 Å². The average Bonchev–Trinajstić information content (AvgIpc) is 2.27. The average molecular weight is 339 g/mol. The van der Waals surface area contributed by atoms with Crippen LogP contribution in [0.2, 0.25) is 0 Å². The number of hydrogen-bond donors (Lipinski definition) is 2. The van der Waals surface area contributed by atoms with Gasteiger partial charge in [0, 0.05) is 6.54 Å². The lowest BCUT2D eigenvalue weighted by molar-refractivity contribution is 0.0952. The number of nitrogens with one attached hydrogen (secondary N) is 1. The van der Waals surface area contributed by atoms with E-state index in [4.69, 9.17) is 5.14 Å². The maximum absolute atomic E-state index is 13.3. The van der Waals surface area contributed by atoms with Crippen LogP contribution in [0.25, 0.3) is 0 Å². The molecule has 0 aliphatic rings. The zero-order valence-corrected chi connectivity index (χ0v) is 11.9. The molecule has 1 aromatic rings. The Morgan fingerprint density at radius 1 is 1.50 bits per heavy atom. The van der Waals surface area contributed by atoms with Crippen molar-refractivity contribution in [3.05, 3.63) is 28.0 Å². The van der Waals surface area contributed by atoms with E-state index in [9.17, 15) is 17.6 Å². The van der Waals surface area contributed by atoms with Gasteiger partial charge in [-0.1, -0.05) is 6.92 Å². The van der Waals surface area contributed by atoms with E-state index in [1.165, 1.54) is 0 Å². The van der Waals surface area contributed by atoms with Gasteiger partial charge in [-0.3, -0.25) is 4.79 Å². The number of rotatable bonds is 4. The van der Waals surface area contributed by atoms with Gasteiger partial charge in [-0.15, -0.1) is 0 Å². The third-order valence-corrected chi connectivity index (χ3v) is 4.14. The molecule has 0 saturated heterocycles. The SMILES string of the molecule is CCCNC(=O)c1cc(F)cc(S(N)(=O)=O)c1Br. The number of carbonyl (C=O) groups excluding carboxylic acids is 1. The van der Waals surface area contributed by atoms with E-state index in [1.807, 2.05) is 6.92 Å². The molecule has 0 saturated carbocycles. The Kier molecular flexibility index (Phi) is 4.83. The van der Waals surface area contributed by atoms with Gasteiger partial charge in [0.2, 0.25) is 10.0 Å². The molecule has 18 heavy (non-hydrogen) atoms. The molecule has 0 heterocycles. The molecular weight excluding hydrogens is 327 g/mol. The number of benzene rings is 1. The Bertz CT molecular complexity index is 575. The zero-order valence-electron chi connectivity index (χ0n) is 9.54. The standard InChI is InChI=1S/C10H12BrFN2O3S/c1-2-3-14-10(15)7-4-6(12)5-8(9(7)11)18(13,16)17/h4-5H,2-3H2,1H3,(H,14,15)(H2,13,16,17). The summed E-state index contributed by atoms with van der Waals surface area (Å²) in [6, 6.07) is 1.71. The lowest BCUT2D eigenvalue weighted by Crippen LogP contribution is -2.25. The first kappa shape index (κ1) is 15.1. The van der Waals surface area contributed by atoms with Crippen molar-refractivity contribution in [1.82, 2.24) is 5.32 Å². The van der Waals surface area contributed by atoms with Crippen LogP contribution in [-0.2, 0) is 10.0 Å². The number of amides is 1. The van der Waals surface area contributed by atoms with E-state index in [1.54, 1.807) is 0 Å². The lowest BCUT2D eigenvalue weighted by Gasteiger charge is -2.09. The van der Waals surface area contributed by atoms with Gasteiger partial charge in [0.25, 0.3) is 5.91 Å². The highest BCUT2D eigenvalue weighted by Crippen LogP contribution is 2.26. The van der Waals surface area contributed by atoms with Gasteiger partial charge in [-0.25, -0.2) is 17.9 Å². The molecule has 8 heteroatoms. The fourth-order valence-corrected chi connectivity index (χ4v) is 2.99. The quantitative estimate of drug-likeness (QED) is 0.868. The Labute approximate surface area is 113 Å². The van der Waals surface area contributed by atoms with Crippen LogP contribution in [0.15, 0.2) is 21.5 Å². The van der Waals surface area contributed by atoms with Crippen molar-refractivity contribution in [3.8, 4) is 0 Å². The summed E-state index contributed by atoms with van der Waals surface area (Å²) in [7, 11) is -4.10. The van der Waals surface area contributed by atoms with Crippen molar-refractivity contribution in [1.29, 1.82) is 0 Å². The van der Waals surface area contributed by atoms with Gasteiger partial charge in [0.1, 0.15) is 5.82 Å². The van der Waals surface area contributed by atoms with Crippen molar-refractivity contribution in [2.75, 3.05) is 6.54 Å². The van der Waals surface area contributed by atoms with E-state index < -0.39 is 26.6 Å². The summed E-state index contributed by atoms with van der Waals surface area (Å²) in [5.41, 5.74) is -0.104. The van der Waals surface area contributed by atoms with Gasteiger partial charge in [0.15, 0.2) is 0 Å². The predicted molar refractivity (Wildman–Crippen MR) is 68.1 cm³/mol. The van der Waals surface area contributed by atoms with Crippen molar-refractivity contribution in [3.63, 3.8) is 0 Å². The number of nitrogens with two attached hydrogens (primary N) is 1. The van der Waals surface area contributed by atoms with Crippen LogP contribution in [0.5, 0.6) is 0 Å². The molecule has 5 nitrogen and oxygen atoms in total. The molecule has 0 atom stereocenters. The van der Waals surface area contributed by atoms with E-state index >= 15 is 0 Å². The minimum Gasteiger partial charge on any atom is -0.352 e. The van der Waals surface area contributed by atoms with Crippen LogP contribution in [0.1, 0.15) is 23.7 Å². The molecular formula is C10H12BrFN2O3S. The Balaban J connectivity index is 3.30. The lowest BCUT2D eigenvalue weighted by atomic mass is 10.2. The maximum atomic E-state index is 13.3. The number of sulfonamides is 1. The number of halogens is 2. The van der Waals surface area contributed by atoms with E-state index in [-0.39, 0.29) is 10.0 Å². The molecule has 0 bridgehead atoms. The summed E-state index contributed by atoms with van der Waals surface area (Å²) in [6.07, 6.45) is 0.709. The maximum Gasteiger partial charge on any atom is 0.252 e. The third kappa shape index (κ3) is 3.50. The zero-order chi connectivity index (χ0) is 13.9. The van der Waals surface area contributed by atoms with Crippen LogP contribution in [0, 0.1) is 5.82 Å². The van der Waals surface area contributed by atoms with Crippen molar-refractivity contribution < 1.29 is 17.6 Å². The van der Waals surface area contributed by atoms with Crippen LogP contribution in [-0.4, -0.2) is 20.9 Å².